The Labute approximate surface area is 268 Å². The molecule has 14 heteroatoms. The molecule has 44 heavy (non-hydrogen) atoms. The van der Waals surface area contributed by atoms with Gasteiger partial charge in [0.1, 0.15) is 12.6 Å². The molecule has 0 spiro atoms. The Morgan fingerprint density at radius 3 is 2.23 bits per heavy atom. The van der Waals surface area contributed by atoms with Crippen molar-refractivity contribution in [1.29, 1.82) is 0 Å². The highest BCUT2D eigenvalue weighted by atomic mass is 35.5. The number of alkyl halides is 3. The molecule has 1 aliphatic rings. The first-order valence-electron chi connectivity index (χ1n) is 13.7. The van der Waals surface area contributed by atoms with E-state index in [9.17, 15) is 31.2 Å². The molecule has 0 aromatic heterocycles. The number of hydrogen-bond donors (Lipinski definition) is 1. The standard InChI is InChI=1S/C30H29Cl3F3N3O4S/c1-19(29(41)37-22-7-5-6-8-22)38(17-20-11-12-21(31)15-27(20)33)28(40)18-39(44(42,43)24-9-3-2-4-10-24)23-13-14-26(32)25(16-23)30(34,35)36/h2-4,9-16,19,22H,5-8,17-18H2,1H3,(H,37,41). The second kappa shape index (κ2) is 14.0. The maximum absolute atomic E-state index is 14.0. The average Bonchev–Trinajstić information content (AvgIpc) is 3.48. The highest BCUT2D eigenvalue weighted by Crippen LogP contribution is 2.38. The minimum atomic E-state index is -4.90. The average molecular weight is 691 g/mol. The molecular weight excluding hydrogens is 662 g/mol. The number of nitrogens with zero attached hydrogens (tertiary/aromatic N) is 2. The number of sulfonamides is 1. The highest BCUT2D eigenvalue weighted by Gasteiger charge is 2.37. The predicted octanol–water partition coefficient (Wildman–Crippen LogP) is 7.34. The van der Waals surface area contributed by atoms with Crippen molar-refractivity contribution in [2.45, 2.75) is 62.3 Å². The van der Waals surface area contributed by atoms with E-state index in [2.05, 4.69) is 5.32 Å². The number of carbonyl (C=O) groups excluding carboxylic acids is 2. The van der Waals surface area contributed by atoms with Gasteiger partial charge in [0.15, 0.2) is 0 Å². The molecule has 2 amide bonds. The number of carbonyl (C=O) groups is 2. The van der Waals surface area contributed by atoms with Crippen LogP contribution in [-0.2, 0) is 32.3 Å². The lowest BCUT2D eigenvalue weighted by Gasteiger charge is -2.33. The van der Waals surface area contributed by atoms with E-state index in [0.29, 0.717) is 21.0 Å². The molecule has 0 bridgehead atoms. The molecule has 3 aromatic rings. The first-order chi connectivity index (χ1) is 20.7. The lowest BCUT2D eigenvalue weighted by Crippen LogP contribution is -2.52. The Morgan fingerprint density at radius 1 is 0.955 bits per heavy atom. The van der Waals surface area contributed by atoms with E-state index in [1.807, 2.05) is 0 Å². The molecule has 7 nitrogen and oxygen atoms in total. The Balaban J connectivity index is 1.76. The number of hydrogen-bond acceptors (Lipinski definition) is 4. The van der Waals surface area contributed by atoms with Gasteiger partial charge in [-0.3, -0.25) is 13.9 Å². The number of rotatable bonds is 10. The fourth-order valence-electron chi connectivity index (χ4n) is 4.94. The van der Waals surface area contributed by atoms with Crippen molar-refractivity contribution in [3.05, 3.63) is 92.9 Å². The maximum Gasteiger partial charge on any atom is 0.417 e. The summed E-state index contributed by atoms with van der Waals surface area (Å²) in [5, 5.41) is 2.85. The summed E-state index contributed by atoms with van der Waals surface area (Å²) < 4.78 is 69.6. The Bertz CT molecular complexity index is 1620. The number of nitrogens with one attached hydrogen (secondary N) is 1. The second-order valence-corrected chi connectivity index (χ2v) is 13.5. The third-order valence-corrected chi connectivity index (χ3v) is 10.1. The molecule has 1 unspecified atom stereocenters. The van der Waals surface area contributed by atoms with Crippen LogP contribution in [0.25, 0.3) is 0 Å². The van der Waals surface area contributed by atoms with E-state index >= 15 is 0 Å². The first-order valence-corrected chi connectivity index (χ1v) is 16.2. The Kier molecular flexibility index (Phi) is 10.8. The summed E-state index contributed by atoms with van der Waals surface area (Å²) in [5.41, 5.74) is -1.29. The van der Waals surface area contributed by atoms with Crippen LogP contribution >= 0.6 is 34.8 Å². The largest absolute Gasteiger partial charge is 0.417 e. The van der Waals surface area contributed by atoms with Gasteiger partial charge in [0.2, 0.25) is 11.8 Å². The van der Waals surface area contributed by atoms with Crippen molar-refractivity contribution >= 4 is 62.3 Å². The van der Waals surface area contributed by atoms with Gasteiger partial charge in [-0.15, -0.1) is 0 Å². The monoisotopic (exact) mass is 689 g/mol. The molecule has 1 fully saturated rings. The second-order valence-electron chi connectivity index (χ2n) is 10.4. The van der Waals surface area contributed by atoms with E-state index in [1.165, 1.54) is 37.3 Å². The number of halogens is 6. The van der Waals surface area contributed by atoms with E-state index < -0.39 is 56.9 Å². The van der Waals surface area contributed by atoms with E-state index in [0.717, 1.165) is 42.7 Å². The van der Waals surface area contributed by atoms with Gasteiger partial charge in [0.25, 0.3) is 10.0 Å². The molecule has 1 atom stereocenters. The van der Waals surface area contributed by atoms with Gasteiger partial charge >= 0.3 is 6.18 Å². The quantitative estimate of drug-likeness (QED) is 0.241. The summed E-state index contributed by atoms with van der Waals surface area (Å²) in [6.07, 6.45) is -1.41. The van der Waals surface area contributed by atoms with Crippen LogP contribution in [0.4, 0.5) is 18.9 Å². The van der Waals surface area contributed by atoms with Crippen LogP contribution in [0.2, 0.25) is 15.1 Å². The zero-order chi connectivity index (χ0) is 32.2. The Morgan fingerprint density at radius 2 is 1.61 bits per heavy atom. The van der Waals surface area contributed by atoms with Crippen LogP contribution in [-0.4, -0.2) is 43.8 Å². The highest BCUT2D eigenvalue weighted by molar-refractivity contribution is 7.92. The third kappa shape index (κ3) is 7.99. The predicted molar refractivity (Wildman–Crippen MR) is 164 cm³/mol. The summed E-state index contributed by atoms with van der Waals surface area (Å²) in [6.45, 7) is 0.357. The van der Waals surface area contributed by atoms with Gasteiger partial charge in [-0.2, -0.15) is 13.2 Å². The summed E-state index contributed by atoms with van der Waals surface area (Å²) in [7, 11) is -4.58. The Hall–Kier alpha value is -2.99. The van der Waals surface area contributed by atoms with E-state index in [-0.39, 0.29) is 22.5 Å². The van der Waals surface area contributed by atoms with E-state index in [4.69, 9.17) is 34.8 Å². The minimum absolute atomic E-state index is 0.0640. The SMILES string of the molecule is CC(C(=O)NC1CCCC1)N(Cc1ccc(Cl)cc1Cl)C(=O)CN(c1ccc(Cl)c(C(F)(F)F)c1)S(=O)(=O)c1ccccc1. The molecule has 1 saturated carbocycles. The molecule has 236 valence electrons. The van der Waals surface area contributed by atoms with E-state index in [1.54, 1.807) is 18.2 Å². The minimum Gasteiger partial charge on any atom is -0.352 e. The fourth-order valence-corrected chi connectivity index (χ4v) is 7.06. The van der Waals surface area contributed by atoms with Crippen molar-refractivity contribution in [3.63, 3.8) is 0 Å². The van der Waals surface area contributed by atoms with Gasteiger partial charge < -0.3 is 10.2 Å². The summed E-state index contributed by atoms with van der Waals surface area (Å²) in [6, 6.07) is 13.0. The molecule has 0 radical (unpaired) electrons. The van der Waals surface area contributed by atoms with Crippen LogP contribution < -0.4 is 9.62 Å². The van der Waals surface area contributed by atoms with Crippen molar-refractivity contribution in [2.24, 2.45) is 0 Å². The van der Waals surface area contributed by atoms with Crippen LogP contribution in [0, 0.1) is 0 Å². The third-order valence-electron chi connectivity index (χ3n) is 7.38. The van der Waals surface area contributed by atoms with Crippen molar-refractivity contribution in [2.75, 3.05) is 10.8 Å². The lowest BCUT2D eigenvalue weighted by molar-refractivity contribution is -0.139. The summed E-state index contributed by atoms with van der Waals surface area (Å²) in [4.78, 5) is 28.2. The van der Waals surface area contributed by atoms with Gasteiger partial charge in [0.05, 0.1) is 21.2 Å². The smallest absolute Gasteiger partial charge is 0.352 e. The molecule has 0 aliphatic heterocycles. The van der Waals surface area contributed by atoms with Gasteiger partial charge in [0, 0.05) is 22.6 Å². The number of amides is 2. The molecule has 1 N–H and O–H groups in total. The number of benzene rings is 3. The van der Waals surface area contributed by atoms with Crippen molar-refractivity contribution < 1.29 is 31.2 Å². The topological polar surface area (TPSA) is 86.8 Å². The van der Waals surface area contributed by atoms with Crippen LogP contribution in [0.3, 0.4) is 0 Å². The molecule has 0 saturated heterocycles. The van der Waals surface area contributed by atoms with Crippen molar-refractivity contribution in [3.8, 4) is 0 Å². The van der Waals surface area contributed by atoms with Crippen LogP contribution in [0.15, 0.2) is 71.6 Å². The van der Waals surface area contributed by atoms with Crippen LogP contribution in [0.5, 0.6) is 0 Å². The lowest BCUT2D eigenvalue weighted by atomic mass is 10.1. The first kappa shape index (κ1) is 33.9. The van der Waals surface area contributed by atoms with Crippen molar-refractivity contribution in [1.82, 2.24) is 10.2 Å². The zero-order valence-electron chi connectivity index (χ0n) is 23.5. The summed E-state index contributed by atoms with van der Waals surface area (Å²) in [5.74, 6) is -1.31. The molecular formula is C30H29Cl3F3N3O4S. The molecule has 1 aliphatic carbocycles. The zero-order valence-corrected chi connectivity index (χ0v) is 26.5. The van der Waals surface area contributed by atoms with Crippen LogP contribution in [0.1, 0.15) is 43.7 Å². The van der Waals surface area contributed by atoms with Gasteiger partial charge in [-0.1, -0.05) is 71.9 Å². The summed E-state index contributed by atoms with van der Waals surface area (Å²) >= 11 is 18.2. The fraction of sp³-hybridized carbons (Fsp3) is 0.333. The van der Waals surface area contributed by atoms with Gasteiger partial charge in [-0.25, -0.2) is 8.42 Å². The molecule has 4 rings (SSSR count). The number of anilines is 1. The molecule has 0 heterocycles. The maximum atomic E-state index is 14.0. The molecule has 3 aromatic carbocycles. The van der Waals surface area contributed by atoms with Gasteiger partial charge in [-0.05, 0) is 67.8 Å². The normalized spacial score (nSPS) is 14.7.